The second-order valence-corrected chi connectivity index (χ2v) is 8.18. The highest BCUT2D eigenvalue weighted by Crippen LogP contribution is 2.32. The van der Waals surface area contributed by atoms with Crippen molar-refractivity contribution < 1.29 is 14.5 Å². The number of amides is 1. The molecule has 0 aliphatic carbocycles. The van der Waals surface area contributed by atoms with Gasteiger partial charge in [-0.2, -0.15) is 0 Å². The van der Waals surface area contributed by atoms with Crippen molar-refractivity contribution in [2.24, 2.45) is 0 Å². The molecule has 1 saturated heterocycles. The van der Waals surface area contributed by atoms with Gasteiger partial charge in [-0.25, -0.2) is 0 Å². The molecule has 0 bridgehead atoms. The second kappa shape index (κ2) is 10.3. The first-order chi connectivity index (χ1) is 16.5. The van der Waals surface area contributed by atoms with E-state index in [1.165, 1.54) is 13.2 Å². The topological polar surface area (TPSA) is 88.0 Å². The smallest absolute Gasteiger partial charge is 0.296 e. The standard InChI is InChI=1S/C25H24N4O4S/c1-33-21-11-12-22(23(17-21)29(31)32)27-13-15-28(16-14-27)25(34)26-24(30)20-9-7-19(8-10-20)18-5-3-2-4-6-18/h2-12,17H,13-16H2,1H3,(H,26,30,34). The summed E-state index contributed by atoms with van der Waals surface area (Å²) < 4.78 is 5.11. The normalized spacial score (nSPS) is 13.3. The molecule has 34 heavy (non-hydrogen) atoms. The Labute approximate surface area is 202 Å². The number of anilines is 1. The van der Waals surface area contributed by atoms with Gasteiger partial charge in [-0.15, -0.1) is 0 Å². The molecular formula is C25H24N4O4S. The number of hydrogen-bond acceptors (Lipinski definition) is 6. The number of nitrogens with one attached hydrogen (secondary N) is 1. The van der Waals surface area contributed by atoms with Crippen LogP contribution in [0.3, 0.4) is 0 Å². The van der Waals surface area contributed by atoms with Crippen molar-refractivity contribution in [3.8, 4) is 16.9 Å². The van der Waals surface area contributed by atoms with Crippen molar-refractivity contribution in [2.45, 2.75) is 0 Å². The van der Waals surface area contributed by atoms with Crippen LogP contribution in [0.25, 0.3) is 11.1 Å². The number of rotatable bonds is 5. The number of thiocarbonyl (C=S) groups is 1. The lowest BCUT2D eigenvalue weighted by Gasteiger charge is -2.37. The Balaban J connectivity index is 1.35. The summed E-state index contributed by atoms with van der Waals surface area (Å²) in [5.74, 6) is 0.174. The van der Waals surface area contributed by atoms with Crippen LogP contribution >= 0.6 is 12.2 Å². The van der Waals surface area contributed by atoms with Gasteiger partial charge in [0.15, 0.2) is 5.11 Å². The fourth-order valence-corrected chi connectivity index (χ4v) is 4.16. The van der Waals surface area contributed by atoms with Crippen molar-refractivity contribution in [1.29, 1.82) is 0 Å². The van der Waals surface area contributed by atoms with E-state index in [2.05, 4.69) is 5.32 Å². The molecule has 4 rings (SSSR count). The quantitative estimate of drug-likeness (QED) is 0.337. The fraction of sp³-hybridized carbons (Fsp3) is 0.200. The molecular weight excluding hydrogens is 452 g/mol. The summed E-state index contributed by atoms with van der Waals surface area (Å²) in [4.78, 5) is 27.6. The minimum Gasteiger partial charge on any atom is -0.496 e. The summed E-state index contributed by atoms with van der Waals surface area (Å²) in [6.45, 7) is 2.15. The third kappa shape index (κ3) is 5.15. The number of nitro benzene ring substituents is 1. The molecule has 3 aromatic carbocycles. The lowest BCUT2D eigenvalue weighted by molar-refractivity contribution is -0.384. The maximum Gasteiger partial charge on any atom is 0.296 e. The number of methoxy groups -OCH3 is 1. The molecule has 0 aromatic heterocycles. The van der Waals surface area contributed by atoms with E-state index in [9.17, 15) is 14.9 Å². The van der Waals surface area contributed by atoms with Crippen LogP contribution in [0.4, 0.5) is 11.4 Å². The Morgan fingerprint density at radius 2 is 1.62 bits per heavy atom. The third-order valence-electron chi connectivity index (χ3n) is 5.76. The Kier molecular flexibility index (Phi) is 7.03. The van der Waals surface area contributed by atoms with E-state index >= 15 is 0 Å². The van der Waals surface area contributed by atoms with Crippen molar-refractivity contribution in [3.05, 3.63) is 88.5 Å². The van der Waals surface area contributed by atoms with Crippen LogP contribution in [0.15, 0.2) is 72.8 Å². The van der Waals surface area contributed by atoms with E-state index in [1.807, 2.05) is 52.3 Å². The first-order valence-corrected chi connectivity index (χ1v) is 11.2. The first-order valence-electron chi connectivity index (χ1n) is 10.8. The van der Waals surface area contributed by atoms with Gasteiger partial charge < -0.3 is 14.5 Å². The number of piperazine rings is 1. The van der Waals surface area contributed by atoms with Gasteiger partial charge in [-0.05, 0) is 47.6 Å². The molecule has 1 heterocycles. The van der Waals surface area contributed by atoms with E-state index in [0.29, 0.717) is 48.3 Å². The molecule has 9 heteroatoms. The van der Waals surface area contributed by atoms with Crippen LogP contribution in [0, 0.1) is 10.1 Å². The highest BCUT2D eigenvalue weighted by atomic mass is 32.1. The summed E-state index contributed by atoms with van der Waals surface area (Å²) in [6, 6.07) is 22.2. The molecule has 1 aliphatic heterocycles. The van der Waals surface area contributed by atoms with Gasteiger partial charge >= 0.3 is 0 Å². The van der Waals surface area contributed by atoms with Gasteiger partial charge in [0.05, 0.1) is 18.1 Å². The average Bonchev–Trinajstić information content (AvgIpc) is 2.89. The maximum absolute atomic E-state index is 12.7. The molecule has 0 radical (unpaired) electrons. The predicted molar refractivity (Wildman–Crippen MR) is 135 cm³/mol. The second-order valence-electron chi connectivity index (χ2n) is 7.79. The van der Waals surface area contributed by atoms with Crippen molar-refractivity contribution in [2.75, 3.05) is 38.2 Å². The maximum atomic E-state index is 12.7. The summed E-state index contributed by atoms with van der Waals surface area (Å²) in [6.07, 6.45) is 0. The zero-order valence-electron chi connectivity index (χ0n) is 18.6. The number of nitro groups is 1. The third-order valence-corrected chi connectivity index (χ3v) is 6.12. The largest absolute Gasteiger partial charge is 0.496 e. The van der Waals surface area contributed by atoms with Crippen molar-refractivity contribution in [1.82, 2.24) is 10.2 Å². The summed E-state index contributed by atoms with van der Waals surface area (Å²) >= 11 is 5.46. The molecule has 3 aromatic rings. The van der Waals surface area contributed by atoms with E-state index in [-0.39, 0.29) is 11.6 Å². The molecule has 0 saturated carbocycles. The monoisotopic (exact) mass is 476 g/mol. The van der Waals surface area contributed by atoms with Crippen LogP contribution in [0.5, 0.6) is 5.75 Å². The fourth-order valence-electron chi connectivity index (χ4n) is 3.89. The molecule has 1 N–H and O–H groups in total. The zero-order valence-corrected chi connectivity index (χ0v) is 19.5. The van der Waals surface area contributed by atoms with Gasteiger partial charge in [0.1, 0.15) is 11.4 Å². The Morgan fingerprint density at radius 1 is 0.971 bits per heavy atom. The molecule has 0 spiro atoms. The molecule has 0 unspecified atom stereocenters. The molecule has 8 nitrogen and oxygen atoms in total. The first kappa shape index (κ1) is 23.2. The van der Waals surface area contributed by atoms with E-state index in [0.717, 1.165) is 11.1 Å². The predicted octanol–water partition coefficient (Wildman–Crippen LogP) is 4.11. The highest BCUT2D eigenvalue weighted by molar-refractivity contribution is 7.80. The van der Waals surface area contributed by atoms with Crippen molar-refractivity contribution >= 4 is 34.6 Å². The molecule has 0 atom stereocenters. The highest BCUT2D eigenvalue weighted by Gasteiger charge is 2.26. The van der Waals surface area contributed by atoms with Crippen molar-refractivity contribution in [3.63, 3.8) is 0 Å². The lowest BCUT2D eigenvalue weighted by Crippen LogP contribution is -2.52. The Morgan fingerprint density at radius 3 is 2.24 bits per heavy atom. The number of carbonyl (C=O) groups excluding carboxylic acids is 1. The molecule has 1 fully saturated rings. The van der Waals surface area contributed by atoms with E-state index in [1.54, 1.807) is 24.3 Å². The number of hydrogen-bond donors (Lipinski definition) is 1. The Bertz CT molecular complexity index is 1190. The summed E-state index contributed by atoms with van der Waals surface area (Å²) in [7, 11) is 1.48. The van der Waals surface area contributed by atoms with Gasteiger partial charge in [0, 0.05) is 31.7 Å². The van der Waals surface area contributed by atoms with Gasteiger partial charge in [0.2, 0.25) is 0 Å². The van der Waals surface area contributed by atoms with Gasteiger partial charge in [-0.1, -0.05) is 42.5 Å². The van der Waals surface area contributed by atoms with Gasteiger partial charge in [0.25, 0.3) is 11.6 Å². The summed E-state index contributed by atoms with van der Waals surface area (Å²) in [5.41, 5.74) is 3.18. The van der Waals surface area contributed by atoms with Crippen LogP contribution in [-0.2, 0) is 0 Å². The number of nitrogens with zero attached hydrogens (tertiary/aromatic N) is 3. The minimum absolute atomic E-state index is 0.00243. The summed E-state index contributed by atoms with van der Waals surface area (Å²) in [5, 5.41) is 14.7. The number of ether oxygens (including phenoxy) is 1. The van der Waals surface area contributed by atoms with Crippen LogP contribution in [-0.4, -0.2) is 54.1 Å². The number of benzene rings is 3. The SMILES string of the molecule is COc1ccc(N2CCN(C(=S)NC(=O)c3ccc(-c4ccccc4)cc3)CC2)c([N+](=O)[O-])c1. The van der Waals surface area contributed by atoms with E-state index < -0.39 is 4.92 Å². The zero-order chi connectivity index (χ0) is 24.1. The van der Waals surface area contributed by atoms with Crippen LogP contribution in [0.1, 0.15) is 10.4 Å². The molecule has 1 amide bonds. The lowest BCUT2D eigenvalue weighted by atomic mass is 10.0. The van der Waals surface area contributed by atoms with Crippen LogP contribution < -0.4 is 15.0 Å². The van der Waals surface area contributed by atoms with Crippen LogP contribution in [0.2, 0.25) is 0 Å². The average molecular weight is 477 g/mol. The molecule has 174 valence electrons. The Hall–Kier alpha value is -3.98. The minimum atomic E-state index is -0.405. The number of carbonyl (C=O) groups is 1. The van der Waals surface area contributed by atoms with Gasteiger partial charge in [-0.3, -0.25) is 20.2 Å². The molecule has 1 aliphatic rings. The van der Waals surface area contributed by atoms with E-state index in [4.69, 9.17) is 17.0 Å².